The molecule has 0 radical (unpaired) electrons. The largest absolute Gasteiger partial charge is 0.405 e. The Morgan fingerprint density at radius 1 is 0.820 bits per heavy atom. The number of rotatable bonds is 8. The summed E-state index contributed by atoms with van der Waals surface area (Å²) in [6.07, 6.45) is 21.8. The standard InChI is InChI=1S/C46H44N4/c1-5-6-7-8-16-31(17-15-28-47)37-29-33(24-26-40(37)48-4)50-43-27-25-32(49-41-22-13-10-18-34(41)35-19-11-14-23-42(35)49)30-38(43)44-45(50)36-20-9-12-21-39(36)46(44,2)3/h5-10,12-13,15,17-30,48H,11,14,16,47H2,1-4H3/b6-5-,8-7-,28-15-,31-17+. The fourth-order valence-electron chi connectivity index (χ4n) is 8.35. The van der Waals surface area contributed by atoms with Crippen molar-refractivity contribution in [2.24, 2.45) is 5.73 Å². The summed E-state index contributed by atoms with van der Waals surface area (Å²) in [5.41, 5.74) is 19.2. The Balaban J connectivity index is 1.41. The van der Waals surface area contributed by atoms with E-state index in [4.69, 9.17) is 5.73 Å². The number of nitrogens with two attached hydrogens (primary N) is 1. The predicted octanol–water partition coefficient (Wildman–Crippen LogP) is 9.66. The SMILES string of the molecule is C/C=C\C=C/C/C(=C\C=C/N)c1cc(-n2c3c(c4cc(-n5c6c(c7ccccc75)=CCCC=6)ccc42)C(C)(C)c2ccccc2-3)ccc1NC. The van der Waals surface area contributed by atoms with Crippen molar-refractivity contribution in [3.8, 4) is 22.6 Å². The quantitative estimate of drug-likeness (QED) is 0.161. The Morgan fingerprint density at radius 2 is 1.58 bits per heavy atom. The molecule has 3 N–H and O–H groups in total. The van der Waals surface area contributed by atoms with Gasteiger partial charge in [0.25, 0.3) is 0 Å². The van der Waals surface area contributed by atoms with Gasteiger partial charge in [-0.15, -0.1) is 0 Å². The van der Waals surface area contributed by atoms with Crippen molar-refractivity contribution in [1.29, 1.82) is 0 Å². The van der Waals surface area contributed by atoms with Crippen LogP contribution in [0.2, 0.25) is 0 Å². The number of hydrogen-bond acceptors (Lipinski definition) is 2. The van der Waals surface area contributed by atoms with E-state index in [0.29, 0.717) is 0 Å². The topological polar surface area (TPSA) is 47.9 Å². The predicted molar refractivity (Wildman–Crippen MR) is 215 cm³/mol. The molecule has 0 spiro atoms. The summed E-state index contributed by atoms with van der Waals surface area (Å²) >= 11 is 0. The first-order chi connectivity index (χ1) is 24.5. The van der Waals surface area contributed by atoms with Gasteiger partial charge in [-0.2, -0.15) is 0 Å². The molecule has 2 heterocycles. The van der Waals surface area contributed by atoms with E-state index in [1.165, 1.54) is 66.0 Å². The maximum absolute atomic E-state index is 5.84. The van der Waals surface area contributed by atoms with E-state index in [0.717, 1.165) is 36.2 Å². The number of nitrogens with one attached hydrogen (secondary N) is 1. The lowest BCUT2D eigenvalue weighted by molar-refractivity contribution is 0.666. The summed E-state index contributed by atoms with van der Waals surface area (Å²) in [4.78, 5) is 0. The van der Waals surface area contributed by atoms with Gasteiger partial charge in [0, 0.05) is 62.0 Å². The first kappa shape index (κ1) is 31.5. The average molecular weight is 653 g/mol. The number of nitrogens with zero attached hydrogens (tertiary/aromatic N) is 2. The number of allylic oxidation sites excluding steroid dienone is 7. The second-order valence-corrected chi connectivity index (χ2v) is 13.8. The van der Waals surface area contributed by atoms with Gasteiger partial charge in [0.15, 0.2) is 0 Å². The van der Waals surface area contributed by atoms with Crippen LogP contribution in [-0.4, -0.2) is 16.2 Å². The minimum atomic E-state index is -0.172. The molecule has 8 rings (SSSR count). The molecule has 0 amide bonds. The second kappa shape index (κ2) is 12.6. The van der Waals surface area contributed by atoms with Crippen LogP contribution in [0.25, 0.3) is 62.2 Å². The van der Waals surface area contributed by atoms with Crippen LogP contribution in [0.3, 0.4) is 0 Å². The number of hydrogen-bond donors (Lipinski definition) is 2. The monoisotopic (exact) mass is 652 g/mol. The number of fused-ring (bicyclic) bond motifs is 8. The highest BCUT2D eigenvalue weighted by atomic mass is 15.0. The molecule has 2 aliphatic carbocycles. The van der Waals surface area contributed by atoms with Crippen molar-refractivity contribution in [3.05, 3.63) is 155 Å². The van der Waals surface area contributed by atoms with Crippen molar-refractivity contribution in [2.45, 2.75) is 45.4 Å². The maximum Gasteiger partial charge on any atom is 0.0585 e. The minimum Gasteiger partial charge on any atom is -0.405 e. The van der Waals surface area contributed by atoms with Gasteiger partial charge in [-0.3, -0.25) is 0 Å². The third kappa shape index (κ3) is 4.89. The molecule has 248 valence electrons. The highest BCUT2D eigenvalue weighted by molar-refractivity contribution is 6.01. The molecule has 4 aromatic carbocycles. The van der Waals surface area contributed by atoms with Crippen LogP contribution in [0.4, 0.5) is 5.69 Å². The van der Waals surface area contributed by atoms with E-state index in [9.17, 15) is 0 Å². The minimum absolute atomic E-state index is 0.172. The molecule has 4 nitrogen and oxygen atoms in total. The lowest BCUT2D eigenvalue weighted by Gasteiger charge is -2.21. The Bertz CT molecular complexity index is 2540. The van der Waals surface area contributed by atoms with Crippen LogP contribution >= 0.6 is 0 Å². The van der Waals surface area contributed by atoms with Gasteiger partial charge in [-0.1, -0.05) is 98.8 Å². The van der Waals surface area contributed by atoms with Crippen molar-refractivity contribution < 1.29 is 0 Å². The summed E-state index contributed by atoms with van der Waals surface area (Å²) in [6.45, 7) is 6.81. The number of anilines is 1. The van der Waals surface area contributed by atoms with Crippen molar-refractivity contribution >= 4 is 45.2 Å². The third-order valence-corrected chi connectivity index (χ3v) is 10.6. The first-order valence-electron chi connectivity index (χ1n) is 17.7. The second-order valence-electron chi connectivity index (χ2n) is 13.8. The smallest absolute Gasteiger partial charge is 0.0585 e. The molecule has 0 bridgehead atoms. The fourth-order valence-corrected chi connectivity index (χ4v) is 8.35. The van der Waals surface area contributed by atoms with Crippen molar-refractivity contribution in [1.82, 2.24) is 9.13 Å². The third-order valence-electron chi connectivity index (χ3n) is 10.6. The fraction of sp³-hybridized carbons (Fsp3) is 0.174. The molecule has 0 saturated heterocycles. The van der Waals surface area contributed by atoms with Crippen LogP contribution < -0.4 is 21.6 Å². The maximum atomic E-state index is 5.84. The summed E-state index contributed by atoms with van der Waals surface area (Å²) in [5.74, 6) is 0. The molecule has 0 unspecified atom stereocenters. The van der Waals surface area contributed by atoms with Crippen LogP contribution in [0.15, 0.2) is 128 Å². The molecular weight excluding hydrogens is 609 g/mol. The Kier molecular flexibility index (Phi) is 7.95. The zero-order valence-corrected chi connectivity index (χ0v) is 29.4. The van der Waals surface area contributed by atoms with Gasteiger partial charge in [-0.05, 0) is 97.6 Å². The van der Waals surface area contributed by atoms with Gasteiger partial charge >= 0.3 is 0 Å². The van der Waals surface area contributed by atoms with E-state index < -0.39 is 0 Å². The lowest BCUT2D eigenvalue weighted by Crippen LogP contribution is -2.30. The van der Waals surface area contributed by atoms with Crippen molar-refractivity contribution in [3.63, 3.8) is 0 Å². The Hall–Kier alpha value is -5.74. The van der Waals surface area contributed by atoms with E-state index in [1.54, 1.807) is 6.20 Å². The van der Waals surface area contributed by atoms with E-state index in [-0.39, 0.29) is 5.41 Å². The first-order valence-corrected chi connectivity index (χ1v) is 17.7. The normalized spacial score (nSPS) is 15.2. The summed E-state index contributed by atoms with van der Waals surface area (Å²) < 4.78 is 4.97. The molecule has 0 aliphatic heterocycles. The van der Waals surface area contributed by atoms with Crippen LogP contribution in [0.5, 0.6) is 0 Å². The number of benzene rings is 4. The molecule has 50 heavy (non-hydrogen) atoms. The number of para-hydroxylation sites is 1. The van der Waals surface area contributed by atoms with Gasteiger partial charge in [0.2, 0.25) is 0 Å². The van der Waals surface area contributed by atoms with E-state index in [1.807, 2.05) is 26.1 Å². The van der Waals surface area contributed by atoms with Crippen LogP contribution in [-0.2, 0) is 5.41 Å². The molecule has 2 aliphatic rings. The Morgan fingerprint density at radius 3 is 2.42 bits per heavy atom. The van der Waals surface area contributed by atoms with Gasteiger partial charge in [0.05, 0.1) is 16.7 Å². The molecule has 0 saturated carbocycles. The zero-order valence-electron chi connectivity index (χ0n) is 29.4. The molecule has 4 heteroatoms. The lowest BCUT2D eigenvalue weighted by atomic mass is 9.81. The van der Waals surface area contributed by atoms with Gasteiger partial charge < -0.3 is 20.2 Å². The highest BCUT2D eigenvalue weighted by Crippen LogP contribution is 2.54. The highest BCUT2D eigenvalue weighted by Gasteiger charge is 2.40. The summed E-state index contributed by atoms with van der Waals surface area (Å²) in [5, 5.41) is 8.73. The van der Waals surface area contributed by atoms with Crippen LogP contribution in [0, 0.1) is 0 Å². The molecule has 6 aromatic rings. The van der Waals surface area contributed by atoms with E-state index >= 15 is 0 Å². The number of aromatic nitrogens is 2. The molecule has 2 aromatic heterocycles. The zero-order chi connectivity index (χ0) is 34.4. The molecule has 0 fully saturated rings. The average Bonchev–Trinajstić information content (AvgIpc) is 3.75. The summed E-state index contributed by atoms with van der Waals surface area (Å²) in [7, 11) is 1.99. The Labute approximate surface area is 294 Å². The molecule has 0 atom stereocenters. The van der Waals surface area contributed by atoms with Crippen LogP contribution in [0.1, 0.15) is 56.7 Å². The van der Waals surface area contributed by atoms with E-state index in [2.05, 4.69) is 150 Å². The van der Waals surface area contributed by atoms with Gasteiger partial charge in [0.1, 0.15) is 0 Å². The van der Waals surface area contributed by atoms with Crippen molar-refractivity contribution in [2.75, 3.05) is 12.4 Å². The van der Waals surface area contributed by atoms with Gasteiger partial charge in [-0.25, -0.2) is 0 Å². The summed E-state index contributed by atoms with van der Waals surface area (Å²) in [6, 6.07) is 31.7. The molecular formula is C46H44N4.